The van der Waals surface area contributed by atoms with Crippen LogP contribution in [0.25, 0.3) is 0 Å². The zero-order valence-electron chi connectivity index (χ0n) is 20.3. The predicted molar refractivity (Wildman–Crippen MR) is 131 cm³/mol. The molecular weight excluding hydrogens is 336 g/mol. The molecule has 1 aliphatic rings. The summed E-state index contributed by atoms with van der Waals surface area (Å²) in [5.41, 5.74) is 7.33. The van der Waals surface area contributed by atoms with Gasteiger partial charge < -0.3 is 0 Å². The largest absolute Gasteiger partial charge is 0.0999 e. The lowest BCUT2D eigenvalue weighted by molar-refractivity contribution is 0.544. The van der Waals surface area contributed by atoms with Crippen LogP contribution in [-0.2, 0) is 0 Å². The van der Waals surface area contributed by atoms with Gasteiger partial charge in [0.05, 0.1) is 0 Å². The number of hydrogen-bond donors (Lipinski definition) is 0. The maximum atomic E-state index is 4.12. The van der Waals surface area contributed by atoms with E-state index in [4.69, 9.17) is 0 Å². The van der Waals surface area contributed by atoms with E-state index >= 15 is 0 Å². The van der Waals surface area contributed by atoms with Crippen LogP contribution in [-0.4, -0.2) is 0 Å². The quantitative estimate of drug-likeness (QED) is 0.206. The maximum absolute atomic E-state index is 4.12. The number of hydrogen-bond acceptors (Lipinski definition) is 0. The van der Waals surface area contributed by atoms with Crippen LogP contribution < -0.4 is 0 Å². The van der Waals surface area contributed by atoms with Crippen molar-refractivity contribution in [2.24, 2.45) is 5.92 Å². The molecule has 0 aliphatic heterocycles. The van der Waals surface area contributed by atoms with E-state index in [1.807, 2.05) is 13.8 Å². The minimum absolute atomic E-state index is 0.704. The molecule has 1 rings (SSSR count). The molecule has 0 fully saturated rings. The predicted octanol–water partition coefficient (Wildman–Crippen LogP) is 10.1. The molecular formula is C28H50. The van der Waals surface area contributed by atoms with Gasteiger partial charge in [0.15, 0.2) is 0 Å². The van der Waals surface area contributed by atoms with Gasteiger partial charge in [-0.25, -0.2) is 0 Å². The molecule has 0 heterocycles. The van der Waals surface area contributed by atoms with Crippen molar-refractivity contribution in [2.45, 2.75) is 125 Å². The molecule has 0 radical (unpaired) electrons. The van der Waals surface area contributed by atoms with Crippen LogP contribution in [0.2, 0.25) is 0 Å². The van der Waals surface area contributed by atoms with E-state index in [0.29, 0.717) is 5.92 Å². The fourth-order valence-corrected chi connectivity index (χ4v) is 4.10. The molecule has 28 heavy (non-hydrogen) atoms. The van der Waals surface area contributed by atoms with Gasteiger partial charge in [-0.05, 0) is 63.9 Å². The van der Waals surface area contributed by atoms with Gasteiger partial charge in [-0.15, -0.1) is 0 Å². The molecule has 0 saturated heterocycles. The van der Waals surface area contributed by atoms with Crippen molar-refractivity contribution in [1.82, 2.24) is 0 Å². The summed E-state index contributed by atoms with van der Waals surface area (Å²) in [6.07, 6.45) is 19.9. The molecule has 0 aromatic carbocycles. The molecule has 162 valence electrons. The monoisotopic (exact) mass is 386 g/mol. The molecule has 0 amide bonds. The number of rotatable bonds is 14. The highest BCUT2D eigenvalue weighted by Crippen LogP contribution is 2.34. The fourth-order valence-electron chi connectivity index (χ4n) is 4.10. The lowest BCUT2D eigenvalue weighted by Gasteiger charge is -2.25. The Morgan fingerprint density at radius 3 is 1.89 bits per heavy atom. The van der Waals surface area contributed by atoms with Gasteiger partial charge in [0.1, 0.15) is 0 Å². The summed E-state index contributed by atoms with van der Waals surface area (Å²) in [7, 11) is 0. The van der Waals surface area contributed by atoms with Crippen molar-refractivity contribution in [2.75, 3.05) is 0 Å². The second-order valence-corrected chi connectivity index (χ2v) is 8.55. The first kappa shape index (κ1) is 27.0. The second kappa shape index (κ2) is 16.9. The average Bonchev–Trinajstić information content (AvgIpc) is 2.68. The molecule has 0 saturated carbocycles. The average molecular weight is 387 g/mol. The molecule has 0 bridgehead atoms. The SMILES string of the molecule is C=C(CC)CCCCCCCCCCCC1=C(C)C=C(C(=C)C)CC1C.CC. The van der Waals surface area contributed by atoms with E-state index in [-0.39, 0.29) is 0 Å². The highest BCUT2D eigenvalue weighted by atomic mass is 14.2. The molecule has 0 aromatic heterocycles. The maximum Gasteiger partial charge on any atom is -0.0185 e. The summed E-state index contributed by atoms with van der Waals surface area (Å²) >= 11 is 0. The van der Waals surface area contributed by atoms with Crippen LogP contribution >= 0.6 is 0 Å². The van der Waals surface area contributed by atoms with E-state index in [1.54, 1.807) is 5.57 Å². The first-order valence-electron chi connectivity index (χ1n) is 12.2. The Morgan fingerprint density at radius 2 is 1.43 bits per heavy atom. The highest BCUT2D eigenvalue weighted by Gasteiger charge is 2.18. The summed E-state index contributed by atoms with van der Waals surface area (Å²) in [5, 5.41) is 0. The first-order valence-corrected chi connectivity index (χ1v) is 12.2. The Bertz CT molecular complexity index is 500. The molecule has 0 nitrogen and oxygen atoms in total. The Labute approximate surface area is 178 Å². The topological polar surface area (TPSA) is 0 Å². The smallest absolute Gasteiger partial charge is 0.0185 e. The van der Waals surface area contributed by atoms with E-state index < -0.39 is 0 Å². The Hall–Kier alpha value is -1.04. The highest BCUT2D eigenvalue weighted by molar-refractivity contribution is 5.41. The standard InChI is InChI=1S/C26H44.C2H6/c1-7-22(4)17-15-13-11-9-8-10-12-14-16-18-26-23(5)19-25(21(2)3)20-24(26)6;1-2/h19,24H,2,4,7-18,20H2,1,3,5-6H3;1-2H3. The van der Waals surface area contributed by atoms with Crippen LogP contribution in [0.1, 0.15) is 125 Å². The van der Waals surface area contributed by atoms with E-state index in [2.05, 4.69) is 46.9 Å². The van der Waals surface area contributed by atoms with Gasteiger partial charge in [0.25, 0.3) is 0 Å². The lowest BCUT2D eigenvalue weighted by atomic mass is 9.80. The van der Waals surface area contributed by atoms with E-state index in [9.17, 15) is 0 Å². The lowest BCUT2D eigenvalue weighted by Crippen LogP contribution is -2.09. The molecule has 1 unspecified atom stereocenters. The van der Waals surface area contributed by atoms with E-state index in [0.717, 1.165) is 6.42 Å². The van der Waals surface area contributed by atoms with Crippen molar-refractivity contribution in [3.63, 3.8) is 0 Å². The van der Waals surface area contributed by atoms with Gasteiger partial charge in [0, 0.05) is 0 Å². The summed E-state index contributed by atoms with van der Waals surface area (Å²) in [6, 6.07) is 0. The van der Waals surface area contributed by atoms with Crippen molar-refractivity contribution in [3.05, 3.63) is 47.1 Å². The van der Waals surface area contributed by atoms with Crippen molar-refractivity contribution in [1.29, 1.82) is 0 Å². The van der Waals surface area contributed by atoms with Gasteiger partial charge >= 0.3 is 0 Å². The fraction of sp³-hybridized carbons (Fsp3) is 0.714. The molecule has 0 heteroatoms. The van der Waals surface area contributed by atoms with Crippen LogP contribution in [0, 0.1) is 5.92 Å². The molecule has 0 N–H and O–H groups in total. The van der Waals surface area contributed by atoms with Crippen molar-refractivity contribution >= 4 is 0 Å². The molecule has 1 aliphatic carbocycles. The minimum Gasteiger partial charge on any atom is -0.0999 e. The zero-order valence-corrected chi connectivity index (χ0v) is 20.3. The molecule has 1 atom stereocenters. The summed E-state index contributed by atoms with van der Waals surface area (Å²) in [6.45, 7) is 21.2. The third-order valence-electron chi connectivity index (χ3n) is 6.04. The van der Waals surface area contributed by atoms with Gasteiger partial charge in [0.2, 0.25) is 0 Å². The minimum atomic E-state index is 0.704. The van der Waals surface area contributed by atoms with Gasteiger partial charge in [-0.2, -0.15) is 0 Å². The van der Waals surface area contributed by atoms with Crippen molar-refractivity contribution in [3.8, 4) is 0 Å². The summed E-state index contributed by atoms with van der Waals surface area (Å²) in [5.74, 6) is 0.704. The van der Waals surface area contributed by atoms with Crippen LogP contribution in [0.4, 0.5) is 0 Å². The summed E-state index contributed by atoms with van der Waals surface area (Å²) in [4.78, 5) is 0. The summed E-state index contributed by atoms with van der Waals surface area (Å²) < 4.78 is 0. The molecule has 0 spiro atoms. The van der Waals surface area contributed by atoms with Crippen LogP contribution in [0.15, 0.2) is 47.1 Å². The number of allylic oxidation sites excluding steroid dienone is 6. The molecule has 0 aromatic rings. The Morgan fingerprint density at radius 1 is 0.929 bits per heavy atom. The second-order valence-electron chi connectivity index (χ2n) is 8.55. The first-order chi connectivity index (χ1) is 13.5. The van der Waals surface area contributed by atoms with Crippen LogP contribution in [0.3, 0.4) is 0 Å². The van der Waals surface area contributed by atoms with Crippen molar-refractivity contribution < 1.29 is 0 Å². The normalized spacial score (nSPS) is 16.4. The Kier molecular flexibility index (Phi) is 16.2. The van der Waals surface area contributed by atoms with Gasteiger partial charge in [-0.3, -0.25) is 0 Å². The third kappa shape index (κ3) is 11.7. The van der Waals surface area contributed by atoms with Gasteiger partial charge in [-0.1, -0.05) is 114 Å². The third-order valence-corrected chi connectivity index (χ3v) is 6.04. The zero-order chi connectivity index (χ0) is 21.4. The number of unbranched alkanes of at least 4 members (excludes halogenated alkanes) is 8. The van der Waals surface area contributed by atoms with Crippen LogP contribution in [0.5, 0.6) is 0 Å². The van der Waals surface area contributed by atoms with E-state index in [1.165, 1.54) is 99.3 Å². The Balaban J connectivity index is 0.00000352.